The number of thioether (sulfide) groups is 1. The van der Waals surface area contributed by atoms with Crippen LogP contribution in [0.5, 0.6) is 0 Å². The molecule has 0 atom stereocenters. The molecule has 0 aliphatic rings. The molecule has 1 N–H and O–H groups in total. The van der Waals surface area contributed by atoms with Crippen molar-refractivity contribution in [2.75, 3.05) is 5.75 Å². The summed E-state index contributed by atoms with van der Waals surface area (Å²) in [4.78, 5) is 0.710. The first-order chi connectivity index (χ1) is 9.84. The number of allylic oxidation sites excluding steroid dienone is 4. The van der Waals surface area contributed by atoms with E-state index in [9.17, 15) is 13.2 Å². The van der Waals surface area contributed by atoms with E-state index in [4.69, 9.17) is 5.41 Å². The SMILES string of the molecule is C=C/C=C\C=C(/C)CSc1cccc(C(=N)C(F)(F)F)c1. The highest BCUT2D eigenvalue weighted by molar-refractivity contribution is 7.99. The number of hydrogen-bond donors (Lipinski definition) is 1. The summed E-state index contributed by atoms with van der Waals surface area (Å²) in [6, 6.07) is 5.97. The van der Waals surface area contributed by atoms with Gasteiger partial charge in [-0.05, 0) is 19.1 Å². The van der Waals surface area contributed by atoms with Gasteiger partial charge in [-0.25, -0.2) is 0 Å². The number of rotatable bonds is 6. The van der Waals surface area contributed by atoms with Gasteiger partial charge in [-0.3, -0.25) is 5.41 Å². The molecule has 0 heterocycles. The first-order valence-corrected chi connectivity index (χ1v) is 7.17. The maximum atomic E-state index is 12.5. The number of benzene rings is 1. The minimum atomic E-state index is -4.62. The second kappa shape index (κ2) is 7.88. The van der Waals surface area contributed by atoms with Crippen LogP contribution in [0.4, 0.5) is 13.2 Å². The molecule has 112 valence electrons. The maximum Gasteiger partial charge on any atom is 0.433 e. The Hall–Kier alpha value is -1.75. The van der Waals surface area contributed by atoms with Crippen LogP contribution in [0.1, 0.15) is 12.5 Å². The molecular formula is C16H16F3NS. The summed E-state index contributed by atoms with van der Waals surface area (Å²) in [6.45, 7) is 5.51. The average molecular weight is 311 g/mol. The Labute approximate surface area is 126 Å². The van der Waals surface area contributed by atoms with Crippen LogP contribution in [0.2, 0.25) is 0 Å². The van der Waals surface area contributed by atoms with Gasteiger partial charge in [0.25, 0.3) is 0 Å². The molecule has 0 amide bonds. The standard InChI is InChI=1S/C16H16F3NS/c1-3-4-5-7-12(2)11-21-14-9-6-8-13(10-14)15(20)16(17,18)19/h3-10,20H,1,11H2,2H3/b5-4-,12-7+,20-15?. The zero-order valence-corrected chi connectivity index (χ0v) is 12.4. The Kier molecular flexibility index (Phi) is 6.49. The van der Waals surface area contributed by atoms with Crippen molar-refractivity contribution in [2.45, 2.75) is 18.0 Å². The van der Waals surface area contributed by atoms with Crippen LogP contribution in [0, 0.1) is 5.41 Å². The van der Waals surface area contributed by atoms with Crippen LogP contribution in [0.3, 0.4) is 0 Å². The fourth-order valence-corrected chi connectivity index (χ4v) is 2.32. The second-order valence-corrected chi connectivity index (χ2v) is 5.37. The lowest BCUT2D eigenvalue weighted by molar-refractivity contribution is -0.0587. The minimum Gasteiger partial charge on any atom is -0.296 e. The van der Waals surface area contributed by atoms with Gasteiger partial charge in [0.05, 0.1) is 0 Å². The smallest absolute Gasteiger partial charge is 0.296 e. The zero-order valence-electron chi connectivity index (χ0n) is 11.6. The molecule has 0 bridgehead atoms. The van der Waals surface area contributed by atoms with Gasteiger partial charge in [0.2, 0.25) is 0 Å². The highest BCUT2D eigenvalue weighted by Gasteiger charge is 2.35. The van der Waals surface area contributed by atoms with E-state index in [1.807, 2.05) is 19.1 Å². The molecule has 0 aliphatic heterocycles. The molecule has 0 unspecified atom stereocenters. The summed E-state index contributed by atoms with van der Waals surface area (Å²) in [7, 11) is 0. The molecule has 0 radical (unpaired) electrons. The van der Waals surface area contributed by atoms with Crippen LogP contribution < -0.4 is 0 Å². The third kappa shape index (κ3) is 6.04. The van der Waals surface area contributed by atoms with E-state index in [0.29, 0.717) is 10.6 Å². The van der Waals surface area contributed by atoms with E-state index in [1.54, 1.807) is 18.2 Å². The van der Waals surface area contributed by atoms with Crippen molar-refractivity contribution in [1.82, 2.24) is 0 Å². The van der Waals surface area contributed by atoms with Crippen molar-refractivity contribution in [3.8, 4) is 0 Å². The zero-order chi connectivity index (χ0) is 15.9. The summed E-state index contributed by atoms with van der Waals surface area (Å²) < 4.78 is 37.5. The summed E-state index contributed by atoms with van der Waals surface area (Å²) in [5.74, 6) is 0.671. The molecule has 0 saturated heterocycles. The molecule has 0 aliphatic carbocycles. The molecule has 21 heavy (non-hydrogen) atoms. The fraction of sp³-hybridized carbons (Fsp3) is 0.188. The van der Waals surface area contributed by atoms with Gasteiger partial charge in [-0.15, -0.1) is 11.8 Å². The number of nitrogens with one attached hydrogen (secondary N) is 1. The van der Waals surface area contributed by atoms with Crippen LogP contribution in [0.25, 0.3) is 0 Å². The summed E-state index contributed by atoms with van der Waals surface area (Å²) in [6.07, 6.45) is 2.64. The van der Waals surface area contributed by atoms with Crippen molar-refractivity contribution < 1.29 is 13.2 Å². The van der Waals surface area contributed by atoms with E-state index in [-0.39, 0.29) is 5.56 Å². The van der Waals surface area contributed by atoms with Gasteiger partial charge < -0.3 is 0 Å². The largest absolute Gasteiger partial charge is 0.433 e. The van der Waals surface area contributed by atoms with Crippen LogP contribution in [0.15, 0.2) is 65.6 Å². The molecule has 1 nitrogen and oxygen atoms in total. The van der Waals surface area contributed by atoms with Crippen molar-refractivity contribution in [3.63, 3.8) is 0 Å². The molecule has 0 saturated carbocycles. The summed E-state index contributed by atoms with van der Waals surface area (Å²) in [5, 5.41) is 7.14. The third-order valence-electron chi connectivity index (χ3n) is 2.50. The Morgan fingerprint density at radius 1 is 1.33 bits per heavy atom. The molecule has 1 aromatic carbocycles. The fourth-order valence-electron chi connectivity index (χ4n) is 1.45. The maximum absolute atomic E-state index is 12.5. The first-order valence-electron chi connectivity index (χ1n) is 6.18. The van der Waals surface area contributed by atoms with Gasteiger partial charge in [0, 0.05) is 16.2 Å². The van der Waals surface area contributed by atoms with Crippen molar-refractivity contribution >= 4 is 17.5 Å². The molecular weight excluding hydrogens is 295 g/mol. The van der Waals surface area contributed by atoms with Crippen molar-refractivity contribution in [1.29, 1.82) is 5.41 Å². The normalized spacial score (nSPS) is 12.7. The van der Waals surface area contributed by atoms with Crippen LogP contribution in [-0.4, -0.2) is 17.6 Å². The van der Waals surface area contributed by atoms with Crippen LogP contribution >= 0.6 is 11.8 Å². The average Bonchev–Trinajstić information content (AvgIpc) is 2.44. The lowest BCUT2D eigenvalue weighted by Crippen LogP contribution is -2.22. The summed E-state index contributed by atoms with van der Waals surface area (Å²) in [5.41, 5.74) is -0.332. The van der Waals surface area contributed by atoms with Gasteiger partial charge in [0.1, 0.15) is 5.71 Å². The van der Waals surface area contributed by atoms with E-state index >= 15 is 0 Å². The lowest BCUT2D eigenvalue weighted by Gasteiger charge is -2.09. The minimum absolute atomic E-state index is 0.110. The lowest BCUT2D eigenvalue weighted by atomic mass is 10.1. The Bertz CT molecular complexity index is 571. The van der Waals surface area contributed by atoms with Gasteiger partial charge in [-0.1, -0.05) is 48.6 Å². The molecule has 0 aromatic heterocycles. The third-order valence-corrected chi connectivity index (χ3v) is 3.69. The number of alkyl halides is 3. The topological polar surface area (TPSA) is 23.9 Å². The van der Waals surface area contributed by atoms with Crippen molar-refractivity contribution in [3.05, 3.63) is 66.3 Å². The second-order valence-electron chi connectivity index (χ2n) is 4.32. The quantitative estimate of drug-likeness (QED) is 0.424. The molecule has 1 rings (SSSR count). The Morgan fingerprint density at radius 2 is 2.05 bits per heavy atom. The predicted molar refractivity (Wildman–Crippen MR) is 83.1 cm³/mol. The highest BCUT2D eigenvalue weighted by Crippen LogP contribution is 2.26. The molecule has 0 spiro atoms. The molecule has 0 fully saturated rings. The van der Waals surface area contributed by atoms with E-state index in [1.165, 1.54) is 30.0 Å². The highest BCUT2D eigenvalue weighted by atomic mass is 32.2. The van der Waals surface area contributed by atoms with Crippen LogP contribution in [-0.2, 0) is 0 Å². The van der Waals surface area contributed by atoms with Gasteiger partial charge in [0.15, 0.2) is 0 Å². The van der Waals surface area contributed by atoms with Gasteiger partial charge in [-0.2, -0.15) is 13.2 Å². The Balaban J connectivity index is 2.74. The monoisotopic (exact) mass is 311 g/mol. The predicted octanol–water partition coefficient (Wildman–Crippen LogP) is 5.40. The van der Waals surface area contributed by atoms with E-state index in [0.717, 1.165) is 5.57 Å². The van der Waals surface area contributed by atoms with E-state index < -0.39 is 11.9 Å². The molecule has 1 aromatic rings. The number of hydrogen-bond acceptors (Lipinski definition) is 2. The van der Waals surface area contributed by atoms with Crippen molar-refractivity contribution in [2.24, 2.45) is 0 Å². The van der Waals surface area contributed by atoms with E-state index in [2.05, 4.69) is 6.58 Å². The first kappa shape index (κ1) is 17.3. The summed E-state index contributed by atoms with van der Waals surface area (Å²) >= 11 is 1.44. The number of halogens is 3. The van der Waals surface area contributed by atoms with Gasteiger partial charge >= 0.3 is 6.18 Å². The molecule has 5 heteroatoms. The Morgan fingerprint density at radius 3 is 2.67 bits per heavy atom.